The molecule has 3 rings (SSSR count). The highest BCUT2D eigenvalue weighted by Crippen LogP contribution is 2.32. The molecule has 3 heterocycles. The van der Waals surface area contributed by atoms with E-state index in [1.54, 1.807) is 18.6 Å². The van der Waals surface area contributed by atoms with Crippen molar-refractivity contribution in [3.05, 3.63) is 65.8 Å². The van der Waals surface area contributed by atoms with Crippen LogP contribution in [0.3, 0.4) is 0 Å². The molecule has 0 N–H and O–H groups in total. The van der Waals surface area contributed by atoms with Gasteiger partial charge in [0, 0.05) is 41.5 Å². The Kier molecular flexibility index (Phi) is 3.33. The summed E-state index contributed by atoms with van der Waals surface area (Å²) in [4.78, 5) is 12.9. The van der Waals surface area contributed by atoms with E-state index in [4.69, 9.17) is 0 Å². The molecule has 4 heteroatoms. The number of rotatable bonds is 2. The second kappa shape index (κ2) is 5.28. The van der Waals surface area contributed by atoms with E-state index in [2.05, 4.69) is 30.9 Å². The van der Waals surface area contributed by atoms with Crippen molar-refractivity contribution >= 4 is 15.9 Å². The van der Waals surface area contributed by atoms with Crippen molar-refractivity contribution in [2.24, 2.45) is 0 Å². The van der Waals surface area contributed by atoms with Crippen LogP contribution >= 0.6 is 15.9 Å². The third-order valence-electron chi connectivity index (χ3n) is 2.79. The Morgan fingerprint density at radius 3 is 2.26 bits per heavy atom. The zero-order valence-corrected chi connectivity index (χ0v) is 11.6. The molecule has 0 saturated heterocycles. The van der Waals surface area contributed by atoms with Gasteiger partial charge in [-0.3, -0.25) is 9.97 Å². The molecule has 0 aromatic carbocycles. The zero-order chi connectivity index (χ0) is 13.1. The van der Waals surface area contributed by atoms with Crippen LogP contribution in [0.1, 0.15) is 0 Å². The number of halogens is 1. The SMILES string of the molecule is Brc1ncccc1-c1ncccc1-c1cccnc1. The van der Waals surface area contributed by atoms with Crippen LogP contribution in [0.5, 0.6) is 0 Å². The van der Waals surface area contributed by atoms with E-state index in [0.717, 1.165) is 27.0 Å². The predicted octanol–water partition coefficient (Wildman–Crippen LogP) is 3.97. The third-order valence-corrected chi connectivity index (χ3v) is 3.43. The number of nitrogens with zero attached hydrogens (tertiary/aromatic N) is 3. The van der Waals surface area contributed by atoms with Crippen molar-refractivity contribution in [2.75, 3.05) is 0 Å². The Labute approximate surface area is 119 Å². The van der Waals surface area contributed by atoms with Crippen LogP contribution in [-0.4, -0.2) is 15.0 Å². The second-order valence-corrected chi connectivity index (χ2v) is 4.73. The molecule has 0 atom stereocenters. The van der Waals surface area contributed by atoms with Gasteiger partial charge in [-0.15, -0.1) is 0 Å². The maximum atomic E-state index is 4.49. The maximum absolute atomic E-state index is 4.49. The summed E-state index contributed by atoms with van der Waals surface area (Å²) in [5.74, 6) is 0. The first-order chi connectivity index (χ1) is 9.36. The molecule has 0 bridgehead atoms. The molecule has 3 aromatic rings. The van der Waals surface area contributed by atoms with Gasteiger partial charge in [0.1, 0.15) is 4.60 Å². The van der Waals surface area contributed by atoms with E-state index in [1.165, 1.54) is 0 Å². The molecule has 0 aliphatic carbocycles. The van der Waals surface area contributed by atoms with Crippen LogP contribution in [-0.2, 0) is 0 Å². The predicted molar refractivity (Wildman–Crippen MR) is 78.4 cm³/mol. The van der Waals surface area contributed by atoms with Gasteiger partial charge in [-0.05, 0) is 40.2 Å². The van der Waals surface area contributed by atoms with Gasteiger partial charge in [-0.1, -0.05) is 12.1 Å². The van der Waals surface area contributed by atoms with E-state index >= 15 is 0 Å². The fraction of sp³-hybridized carbons (Fsp3) is 0. The molecule has 0 aliphatic rings. The molecule has 0 radical (unpaired) electrons. The summed E-state index contributed by atoms with van der Waals surface area (Å²) in [5.41, 5.74) is 3.96. The van der Waals surface area contributed by atoms with Crippen molar-refractivity contribution < 1.29 is 0 Å². The van der Waals surface area contributed by atoms with Crippen LogP contribution < -0.4 is 0 Å². The summed E-state index contributed by atoms with van der Waals surface area (Å²) < 4.78 is 0.791. The lowest BCUT2D eigenvalue weighted by atomic mass is 10.0. The van der Waals surface area contributed by atoms with Gasteiger partial charge in [0.2, 0.25) is 0 Å². The van der Waals surface area contributed by atoms with Crippen LogP contribution in [0.2, 0.25) is 0 Å². The Balaban J connectivity index is 2.21. The Morgan fingerprint density at radius 1 is 0.789 bits per heavy atom. The summed E-state index contributed by atoms with van der Waals surface area (Å²) in [6, 6.07) is 11.8. The summed E-state index contributed by atoms with van der Waals surface area (Å²) in [6.45, 7) is 0. The first-order valence-corrected chi connectivity index (χ1v) is 6.62. The second-order valence-electron chi connectivity index (χ2n) is 3.98. The molecule has 92 valence electrons. The van der Waals surface area contributed by atoms with Crippen molar-refractivity contribution in [2.45, 2.75) is 0 Å². The van der Waals surface area contributed by atoms with Gasteiger partial charge < -0.3 is 0 Å². The number of hydrogen-bond acceptors (Lipinski definition) is 3. The van der Waals surface area contributed by atoms with E-state index < -0.39 is 0 Å². The normalized spacial score (nSPS) is 10.4. The molecule has 19 heavy (non-hydrogen) atoms. The molecule has 0 spiro atoms. The Bertz CT molecular complexity index is 699. The van der Waals surface area contributed by atoms with Gasteiger partial charge in [0.25, 0.3) is 0 Å². The van der Waals surface area contributed by atoms with E-state index in [0.29, 0.717) is 0 Å². The summed E-state index contributed by atoms with van der Waals surface area (Å²) in [5, 5.41) is 0. The first-order valence-electron chi connectivity index (χ1n) is 5.82. The average molecular weight is 312 g/mol. The molecule has 3 nitrogen and oxygen atoms in total. The third kappa shape index (κ3) is 2.39. The summed E-state index contributed by atoms with van der Waals surface area (Å²) >= 11 is 3.47. The molecule has 3 aromatic heterocycles. The van der Waals surface area contributed by atoms with E-state index in [1.807, 2.05) is 42.6 Å². The molecule has 0 saturated carbocycles. The minimum absolute atomic E-state index is 0.791. The van der Waals surface area contributed by atoms with E-state index in [9.17, 15) is 0 Å². The highest BCUT2D eigenvalue weighted by Gasteiger charge is 2.11. The minimum atomic E-state index is 0.791. The van der Waals surface area contributed by atoms with Gasteiger partial charge >= 0.3 is 0 Å². The quantitative estimate of drug-likeness (QED) is 0.672. The number of pyridine rings is 3. The highest BCUT2D eigenvalue weighted by molar-refractivity contribution is 9.10. The first kappa shape index (κ1) is 12.0. The van der Waals surface area contributed by atoms with Gasteiger partial charge in [-0.25, -0.2) is 4.98 Å². The highest BCUT2D eigenvalue weighted by atomic mass is 79.9. The summed E-state index contributed by atoms with van der Waals surface area (Å²) in [7, 11) is 0. The standard InChI is InChI=1S/C15H10BrN3/c16-15-13(6-3-9-19-15)14-12(5-2-8-18-14)11-4-1-7-17-10-11/h1-10H. The topological polar surface area (TPSA) is 38.7 Å². The number of hydrogen-bond donors (Lipinski definition) is 0. The average Bonchev–Trinajstić information content (AvgIpc) is 2.49. The fourth-order valence-electron chi connectivity index (χ4n) is 1.94. The molecular weight excluding hydrogens is 302 g/mol. The summed E-state index contributed by atoms with van der Waals surface area (Å²) in [6.07, 6.45) is 7.14. The molecule has 0 fully saturated rings. The van der Waals surface area contributed by atoms with Crippen molar-refractivity contribution in [3.8, 4) is 22.4 Å². The van der Waals surface area contributed by atoms with Crippen LogP contribution in [0, 0.1) is 0 Å². The van der Waals surface area contributed by atoms with Gasteiger partial charge in [-0.2, -0.15) is 0 Å². The smallest absolute Gasteiger partial charge is 0.115 e. The van der Waals surface area contributed by atoms with E-state index in [-0.39, 0.29) is 0 Å². The van der Waals surface area contributed by atoms with Gasteiger partial charge in [0.15, 0.2) is 0 Å². The largest absolute Gasteiger partial charge is 0.264 e. The zero-order valence-electron chi connectivity index (χ0n) is 9.99. The minimum Gasteiger partial charge on any atom is -0.264 e. The van der Waals surface area contributed by atoms with Gasteiger partial charge in [0.05, 0.1) is 5.69 Å². The lowest BCUT2D eigenvalue weighted by Crippen LogP contribution is -1.91. The molecule has 0 amide bonds. The Morgan fingerprint density at radius 2 is 1.53 bits per heavy atom. The van der Waals surface area contributed by atoms with Crippen LogP contribution in [0.25, 0.3) is 22.4 Å². The maximum Gasteiger partial charge on any atom is 0.115 e. The molecular formula is C15H10BrN3. The molecule has 0 unspecified atom stereocenters. The number of aromatic nitrogens is 3. The lowest BCUT2D eigenvalue weighted by molar-refractivity contribution is 1.24. The fourth-order valence-corrected chi connectivity index (χ4v) is 2.38. The lowest BCUT2D eigenvalue weighted by Gasteiger charge is -2.09. The van der Waals surface area contributed by atoms with Crippen LogP contribution in [0.4, 0.5) is 0 Å². The van der Waals surface area contributed by atoms with Crippen molar-refractivity contribution in [3.63, 3.8) is 0 Å². The van der Waals surface area contributed by atoms with Crippen molar-refractivity contribution in [1.82, 2.24) is 15.0 Å². The van der Waals surface area contributed by atoms with Crippen molar-refractivity contribution in [1.29, 1.82) is 0 Å². The Hall–Kier alpha value is -2.07. The van der Waals surface area contributed by atoms with Crippen LogP contribution in [0.15, 0.2) is 65.8 Å². The molecule has 0 aliphatic heterocycles. The monoisotopic (exact) mass is 311 g/mol.